The second kappa shape index (κ2) is 6.14. The second-order valence-electron chi connectivity index (χ2n) is 3.30. The molecule has 1 amide bonds. The van der Waals surface area contributed by atoms with Gasteiger partial charge in [0.2, 0.25) is 5.91 Å². The van der Waals surface area contributed by atoms with Crippen molar-refractivity contribution in [3.8, 4) is 0 Å². The first-order valence-corrected chi connectivity index (χ1v) is 4.93. The lowest BCUT2D eigenvalue weighted by Gasteiger charge is -2.03. The number of hydrogen-bond donors (Lipinski definition) is 2. The number of hydrogen-bond acceptors (Lipinski definition) is 2. The van der Waals surface area contributed by atoms with Crippen molar-refractivity contribution in [2.45, 2.75) is 12.8 Å². The number of nitrogens with one attached hydrogen (secondary N) is 1. The molecule has 0 saturated carbocycles. The molecule has 0 heterocycles. The molecule has 3 nitrogen and oxygen atoms in total. The van der Waals surface area contributed by atoms with Crippen LogP contribution in [0, 0.1) is 5.82 Å². The molecular formula is C11H15FN2O. The third kappa shape index (κ3) is 4.56. The van der Waals surface area contributed by atoms with E-state index >= 15 is 0 Å². The minimum atomic E-state index is -0.290. The van der Waals surface area contributed by atoms with Crippen molar-refractivity contribution in [3.05, 3.63) is 35.6 Å². The van der Waals surface area contributed by atoms with Gasteiger partial charge in [-0.25, -0.2) is 4.39 Å². The molecule has 0 radical (unpaired) electrons. The van der Waals surface area contributed by atoms with E-state index in [1.54, 1.807) is 12.1 Å². The highest BCUT2D eigenvalue weighted by Crippen LogP contribution is 2.03. The largest absolute Gasteiger partial charge is 0.356 e. The Morgan fingerprint density at radius 2 is 2.00 bits per heavy atom. The fraction of sp³-hybridized carbons (Fsp3) is 0.364. The maximum Gasteiger partial charge on any atom is 0.224 e. The third-order valence-electron chi connectivity index (χ3n) is 1.98. The smallest absolute Gasteiger partial charge is 0.224 e. The lowest BCUT2D eigenvalue weighted by molar-refractivity contribution is -0.120. The van der Waals surface area contributed by atoms with Gasteiger partial charge in [0.1, 0.15) is 5.82 Å². The van der Waals surface area contributed by atoms with E-state index in [-0.39, 0.29) is 18.1 Å². The van der Waals surface area contributed by atoms with Crippen LogP contribution >= 0.6 is 0 Å². The van der Waals surface area contributed by atoms with Crippen molar-refractivity contribution in [2.75, 3.05) is 13.1 Å². The molecule has 0 aliphatic rings. The van der Waals surface area contributed by atoms with Gasteiger partial charge in [-0.15, -0.1) is 0 Å². The second-order valence-corrected chi connectivity index (χ2v) is 3.30. The van der Waals surface area contributed by atoms with Crippen LogP contribution in [0.25, 0.3) is 0 Å². The van der Waals surface area contributed by atoms with Gasteiger partial charge in [0.25, 0.3) is 0 Å². The van der Waals surface area contributed by atoms with Gasteiger partial charge in [-0.3, -0.25) is 4.79 Å². The van der Waals surface area contributed by atoms with Crippen molar-refractivity contribution >= 4 is 5.91 Å². The maximum atomic E-state index is 12.6. The van der Waals surface area contributed by atoms with Gasteiger partial charge in [0.15, 0.2) is 0 Å². The number of rotatable bonds is 5. The van der Waals surface area contributed by atoms with E-state index in [9.17, 15) is 9.18 Å². The first-order chi connectivity index (χ1) is 7.22. The molecule has 1 rings (SSSR count). The minimum Gasteiger partial charge on any atom is -0.356 e. The SMILES string of the molecule is NCCCNC(=O)Cc1ccc(F)cc1. The topological polar surface area (TPSA) is 55.1 Å². The Bertz CT molecular complexity index is 311. The Balaban J connectivity index is 2.34. The molecular weight excluding hydrogens is 195 g/mol. The molecule has 1 aromatic carbocycles. The van der Waals surface area contributed by atoms with Crippen molar-refractivity contribution in [2.24, 2.45) is 5.73 Å². The summed E-state index contributed by atoms with van der Waals surface area (Å²) in [4.78, 5) is 11.3. The van der Waals surface area contributed by atoms with Crippen LogP contribution in [-0.4, -0.2) is 19.0 Å². The Kier molecular flexibility index (Phi) is 4.77. The number of carbonyl (C=O) groups excluding carboxylic acids is 1. The van der Waals surface area contributed by atoms with Gasteiger partial charge in [-0.1, -0.05) is 12.1 Å². The lowest BCUT2D eigenvalue weighted by atomic mass is 10.1. The normalized spacial score (nSPS) is 10.0. The molecule has 82 valence electrons. The molecule has 0 bridgehead atoms. The monoisotopic (exact) mass is 210 g/mol. The Morgan fingerprint density at radius 3 is 2.60 bits per heavy atom. The van der Waals surface area contributed by atoms with Crippen LogP contribution in [0.4, 0.5) is 4.39 Å². The molecule has 0 aliphatic carbocycles. The standard InChI is InChI=1S/C11H15FN2O/c12-10-4-2-9(3-5-10)8-11(15)14-7-1-6-13/h2-5H,1,6-8,13H2,(H,14,15). The summed E-state index contributed by atoms with van der Waals surface area (Å²) in [6.45, 7) is 1.16. The van der Waals surface area contributed by atoms with Gasteiger partial charge in [-0.2, -0.15) is 0 Å². The average molecular weight is 210 g/mol. The van der Waals surface area contributed by atoms with E-state index in [2.05, 4.69) is 5.32 Å². The Hall–Kier alpha value is -1.42. The highest BCUT2D eigenvalue weighted by atomic mass is 19.1. The summed E-state index contributed by atoms with van der Waals surface area (Å²) < 4.78 is 12.6. The molecule has 0 fully saturated rings. The molecule has 4 heteroatoms. The number of benzene rings is 1. The van der Waals surface area contributed by atoms with Crippen LogP contribution in [0.3, 0.4) is 0 Å². The maximum absolute atomic E-state index is 12.6. The van der Waals surface area contributed by atoms with Crippen molar-refractivity contribution in [1.29, 1.82) is 0 Å². The highest BCUT2D eigenvalue weighted by Gasteiger charge is 2.02. The van der Waals surface area contributed by atoms with Crippen LogP contribution in [0.15, 0.2) is 24.3 Å². The third-order valence-corrected chi connectivity index (χ3v) is 1.98. The average Bonchev–Trinajstić information content (AvgIpc) is 2.22. The van der Waals surface area contributed by atoms with E-state index < -0.39 is 0 Å². The molecule has 1 aromatic rings. The molecule has 0 aliphatic heterocycles. The quantitative estimate of drug-likeness (QED) is 0.707. The van der Waals surface area contributed by atoms with Crippen molar-refractivity contribution in [1.82, 2.24) is 5.32 Å². The fourth-order valence-electron chi connectivity index (χ4n) is 1.18. The predicted octanol–water partition coefficient (Wildman–Crippen LogP) is 0.833. The molecule has 3 N–H and O–H groups in total. The first kappa shape index (κ1) is 11.7. The fourth-order valence-corrected chi connectivity index (χ4v) is 1.18. The molecule has 0 aromatic heterocycles. The van der Waals surface area contributed by atoms with Gasteiger partial charge in [0.05, 0.1) is 6.42 Å². The lowest BCUT2D eigenvalue weighted by Crippen LogP contribution is -2.27. The number of nitrogens with two attached hydrogens (primary N) is 1. The molecule has 0 atom stereocenters. The summed E-state index contributed by atoms with van der Waals surface area (Å²) in [6, 6.07) is 5.92. The zero-order valence-corrected chi connectivity index (χ0v) is 8.50. The van der Waals surface area contributed by atoms with Crippen LogP contribution in [0.2, 0.25) is 0 Å². The molecule has 15 heavy (non-hydrogen) atoms. The highest BCUT2D eigenvalue weighted by molar-refractivity contribution is 5.78. The number of amides is 1. The van der Waals surface area contributed by atoms with E-state index in [0.29, 0.717) is 13.1 Å². The Morgan fingerprint density at radius 1 is 1.33 bits per heavy atom. The molecule has 0 unspecified atom stereocenters. The van der Waals surface area contributed by atoms with Gasteiger partial charge in [0, 0.05) is 6.54 Å². The van der Waals surface area contributed by atoms with Crippen LogP contribution in [-0.2, 0) is 11.2 Å². The van der Waals surface area contributed by atoms with Gasteiger partial charge >= 0.3 is 0 Å². The zero-order valence-electron chi connectivity index (χ0n) is 8.50. The summed E-state index contributed by atoms with van der Waals surface area (Å²) in [5, 5.41) is 2.73. The summed E-state index contributed by atoms with van der Waals surface area (Å²) in [6.07, 6.45) is 1.06. The summed E-state index contributed by atoms with van der Waals surface area (Å²) in [7, 11) is 0. The van der Waals surface area contributed by atoms with Crippen molar-refractivity contribution < 1.29 is 9.18 Å². The minimum absolute atomic E-state index is 0.0601. The van der Waals surface area contributed by atoms with E-state index in [4.69, 9.17) is 5.73 Å². The van der Waals surface area contributed by atoms with Gasteiger partial charge < -0.3 is 11.1 Å². The summed E-state index contributed by atoms with van der Waals surface area (Å²) >= 11 is 0. The molecule has 0 saturated heterocycles. The number of carbonyl (C=O) groups is 1. The van der Waals surface area contributed by atoms with Crippen LogP contribution < -0.4 is 11.1 Å². The van der Waals surface area contributed by atoms with Crippen LogP contribution in [0.1, 0.15) is 12.0 Å². The first-order valence-electron chi connectivity index (χ1n) is 4.93. The van der Waals surface area contributed by atoms with E-state index in [0.717, 1.165) is 12.0 Å². The zero-order chi connectivity index (χ0) is 11.1. The number of halogens is 1. The van der Waals surface area contributed by atoms with Crippen molar-refractivity contribution in [3.63, 3.8) is 0 Å². The molecule has 0 spiro atoms. The van der Waals surface area contributed by atoms with E-state index in [1.807, 2.05) is 0 Å². The predicted molar refractivity (Wildman–Crippen MR) is 56.8 cm³/mol. The Labute approximate surface area is 88.5 Å². The van der Waals surface area contributed by atoms with E-state index in [1.165, 1.54) is 12.1 Å². The summed E-state index contributed by atoms with van der Waals surface area (Å²) in [5.74, 6) is -0.350. The summed E-state index contributed by atoms with van der Waals surface area (Å²) in [5.41, 5.74) is 6.10. The van der Waals surface area contributed by atoms with Crippen LogP contribution in [0.5, 0.6) is 0 Å². The van der Waals surface area contributed by atoms with Gasteiger partial charge in [-0.05, 0) is 30.7 Å².